The highest BCUT2D eigenvalue weighted by atomic mass is 15.1. The van der Waals surface area contributed by atoms with E-state index in [1.54, 1.807) is 0 Å². The Morgan fingerprint density at radius 1 is 0.278 bits per heavy atom. The molecular weight excluding hydrogens is 651 g/mol. The van der Waals surface area contributed by atoms with Gasteiger partial charge in [0, 0.05) is 16.9 Å². The topological polar surface area (TPSA) is 3.24 Å². The van der Waals surface area contributed by atoms with Gasteiger partial charge in [-0.25, -0.2) is 0 Å². The number of hydrogen-bond acceptors (Lipinski definition) is 1. The van der Waals surface area contributed by atoms with Gasteiger partial charge >= 0.3 is 0 Å². The van der Waals surface area contributed by atoms with Gasteiger partial charge in [-0.3, -0.25) is 0 Å². The van der Waals surface area contributed by atoms with Gasteiger partial charge in [0.2, 0.25) is 0 Å². The van der Waals surface area contributed by atoms with Crippen molar-refractivity contribution in [2.75, 3.05) is 4.90 Å². The Morgan fingerprint density at radius 2 is 0.796 bits per heavy atom. The molecule has 0 unspecified atom stereocenters. The van der Waals surface area contributed by atoms with Crippen LogP contribution in [-0.4, -0.2) is 0 Å². The van der Waals surface area contributed by atoms with Crippen LogP contribution in [0.5, 0.6) is 0 Å². The van der Waals surface area contributed by atoms with Crippen LogP contribution in [-0.2, 0) is 5.41 Å². The molecule has 11 rings (SSSR count). The highest BCUT2D eigenvalue weighted by molar-refractivity contribution is 5.98. The predicted molar refractivity (Wildman–Crippen MR) is 226 cm³/mol. The lowest BCUT2D eigenvalue weighted by Gasteiger charge is -2.31. The number of para-hydroxylation sites is 1. The summed E-state index contributed by atoms with van der Waals surface area (Å²) in [4.78, 5) is 2.46. The minimum atomic E-state index is -0.375. The molecule has 0 N–H and O–H groups in total. The third-order valence-electron chi connectivity index (χ3n) is 11.7. The molecule has 0 saturated heterocycles. The number of fused-ring (bicyclic) bond motifs is 11. The standard InChI is InChI=1S/C53H35N/c1-2-16-37(17-3-1)43-21-9-13-28-52(43)54(41-20-14-19-39(34-41)40-30-29-36-15-4-5-18-38(36)33-40)42-31-32-51-47(35-42)46-24-8-12-27-50(46)53(51)48-25-10-6-22-44(48)45-23-7-11-26-49(45)53/h1-35H. The lowest BCUT2D eigenvalue weighted by molar-refractivity contribution is 0.794. The summed E-state index contributed by atoms with van der Waals surface area (Å²) in [6.07, 6.45) is 0. The van der Waals surface area contributed by atoms with Crippen LogP contribution in [0.1, 0.15) is 22.3 Å². The lowest BCUT2D eigenvalue weighted by Crippen LogP contribution is -2.25. The van der Waals surface area contributed by atoms with Crippen molar-refractivity contribution in [3.05, 3.63) is 235 Å². The fraction of sp³-hybridized carbons (Fsp3) is 0.0189. The first-order valence-electron chi connectivity index (χ1n) is 18.8. The second-order valence-corrected chi connectivity index (χ2v) is 14.4. The van der Waals surface area contributed by atoms with Crippen LogP contribution < -0.4 is 4.90 Å². The monoisotopic (exact) mass is 685 g/mol. The van der Waals surface area contributed by atoms with Gasteiger partial charge in [-0.2, -0.15) is 0 Å². The van der Waals surface area contributed by atoms with Crippen molar-refractivity contribution in [1.82, 2.24) is 0 Å². The van der Waals surface area contributed by atoms with E-state index in [0.29, 0.717) is 0 Å². The van der Waals surface area contributed by atoms with E-state index in [-0.39, 0.29) is 5.41 Å². The molecule has 0 radical (unpaired) electrons. The fourth-order valence-electron chi connectivity index (χ4n) is 9.38. The summed E-state index contributed by atoms with van der Waals surface area (Å²) >= 11 is 0. The van der Waals surface area contributed by atoms with E-state index in [0.717, 1.165) is 17.1 Å². The van der Waals surface area contributed by atoms with Gasteiger partial charge in [-0.1, -0.05) is 176 Å². The van der Waals surface area contributed by atoms with Gasteiger partial charge in [-0.15, -0.1) is 0 Å². The van der Waals surface area contributed by atoms with E-state index in [1.165, 1.54) is 77.5 Å². The highest BCUT2D eigenvalue weighted by Crippen LogP contribution is 2.63. The average molecular weight is 686 g/mol. The van der Waals surface area contributed by atoms with Crippen molar-refractivity contribution in [3.8, 4) is 44.5 Å². The van der Waals surface area contributed by atoms with Crippen molar-refractivity contribution in [1.29, 1.82) is 0 Å². The third-order valence-corrected chi connectivity index (χ3v) is 11.7. The Labute approximate surface area is 316 Å². The summed E-state index contributed by atoms with van der Waals surface area (Å²) in [6.45, 7) is 0. The van der Waals surface area contributed by atoms with Crippen molar-refractivity contribution >= 4 is 27.8 Å². The molecule has 0 atom stereocenters. The van der Waals surface area contributed by atoms with Crippen LogP contribution in [0, 0.1) is 0 Å². The number of benzene rings is 9. The van der Waals surface area contributed by atoms with Crippen molar-refractivity contribution in [2.24, 2.45) is 0 Å². The fourth-order valence-corrected chi connectivity index (χ4v) is 9.38. The first-order valence-corrected chi connectivity index (χ1v) is 18.8. The third kappa shape index (κ3) is 4.45. The van der Waals surface area contributed by atoms with E-state index in [2.05, 4.69) is 217 Å². The van der Waals surface area contributed by atoms with E-state index >= 15 is 0 Å². The quantitative estimate of drug-likeness (QED) is 0.174. The summed E-state index contributed by atoms with van der Waals surface area (Å²) in [5.74, 6) is 0. The zero-order chi connectivity index (χ0) is 35.6. The molecule has 0 heterocycles. The molecule has 252 valence electrons. The normalized spacial score (nSPS) is 13.0. The van der Waals surface area contributed by atoms with Gasteiger partial charge < -0.3 is 4.90 Å². The van der Waals surface area contributed by atoms with Crippen LogP contribution in [0.25, 0.3) is 55.3 Å². The molecular formula is C53H35N. The Bertz CT molecular complexity index is 2860. The summed E-state index contributed by atoms with van der Waals surface area (Å²) in [5.41, 5.74) is 18.4. The van der Waals surface area contributed by atoms with Gasteiger partial charge in [0.1, 0.15) is 0 Å². The van der Waals surface area contributed by atoms with Gasteiger partial charge in [-0.05, 0) is 108 Å². The second kappa shape index (κ2) is 12.0. The minimum Gasteiger partial charge on any atom is -0.310 e. The van der Waals surface area contributed by atoms with Gasteiger partial charge in [0.05, 0.1) is 11.1 Å². The SMILES string of the molecule is c1ccc(-c2ccccc2N(c2cccc(-c3ccc4ccccc4c3)c2)c2ccc3c(c2)-c2ccccc2C32c3ccccc3-c3ccccc32)cc1. The Hall–Kier alpha value is -6.96. The molecule has 1 nitrogen and oxygen atoms in total. The largest absolute Gasteiger partial charge is 0.310 e. The predicted octanol–water partition coefficient (Wildman–Crippen LogP) is 14.0. The number of rotatable bonds is 5. The maximum atomic E-state index is 2.46. The van der Waals surface area contributed by atoms with Gasteiger partial charge in [0.25, 0.3) is 0 Å². The molecule has 2 aliphatic carbocycles. The molecule has 54 heavy (non-hydrogen) atoms. The number of hydrogen-bond donors (Lipinski definition) is 0. The maximum absolute atomic E-state index is 2.46. The summed E-state index contributed by atoms with van der Waals surface area (Å²) in [7, 11) is 0. The Kier molecular flexibility index (Phi) is 6.84. The summed E-state index contributed by atoms with van der Waals surface area (Å²) in [6, 6.07) is 78.2. The van der Waals surface area contributed by atoms with Gasteiger partial charge in [0.15, 0.2) is 0 Å². The van der Waals surface area contributed by atoms with E-state index < -0.39 is 0 Å². The molecule has 0 aromatic heterocycles. The van der Waals surface area contributed by atoms with Crippen LogP contribution in [0.3, 0.4) is 0 Å². The van der Waals surface area contributed by atoms with Crippen molar-refractivity contribution in [3.63, 3.8) is 0 Å². The average Bonchev–Trinajstić information content (AvgIpc) is 3.71. The van der Waals surface area contributed by atoms with Crippen LogP contribution in [0.4, 0.5) is 17.1 Å². The van der Waals surface area contributed by atoms with E-state index in [1.807, 2.05) is 0 Å². The lowest BCUT2D eigenvalue weighted by atomic mass is 9.70. The zero-order valence-electron chi connectivity index (χ0n) is 29.7. The molecule has 0 amide bonds. The summed E-state index contributed by atoms with van der Waals surface area (Å²) in [5, 5.41) is 2.49. The smallest absolute Gasteiger partial charge is 0.0725 e. The van der Waals surface area contributed by atoms with Crippen LogP contribution in [0.15, 0.2) is 212 Å². The molecule has 1 spiro atoms. The Morgan fingerprint density at radius 3 is 1.52 bits per heavy atom. The number of nitrogens with zero attached hydrogens (tertiary/aromatic N) is 1. The molecule has 0 saturated carbocycles. The molecule has 0 fully saturated rings. The molecule has 2 aliphatic rings. The van der Waals surface area contributed by atoms with Crippen molar-refractivity contribution in [2.45, 2.75) is 5.41 Å². The summed E-state index contributed by atoms with van der Waals surface area (Å²) < 4.78 is 0. The first kappa shape index (κ1) is 30.6. The molecule has 0 bridgehead atoms. The highest BCUT2D eigenvalue weighted by Gasteiger charge is 2.51. The molecule has 9 aromatic carbocycles. The zero-order valence-corrected chi connectivity index (χ0v) is 29.7. The molecule has 1 heteroatoms. The number of anilines is 3. The molecule has 9 aromatic rings. The van der Waals surface area contributed by atoms with Crippen molar-refractivity contribution < 1.29 is 0 Å². The van der Waals surface area contributed by atoms with E-state index in [4.69, 9.17) is 0 Å². The molecule has 0 aliphatic heterocycles. The van der Waals surface area contributed by atoms with E-state index in [9.17, 15) is 0 Å². The van der Waals surface area contributed by atoms with Crippen LogP contribution in [0.2, 0.25) is 0 Å². The Balaban J connectivity index is 1.15. The second-order valence-electron chi connectivity index (χ2n) is 14.4. The first-order chi connectivity index (χ1) is 26.8. The van der Waals surface area contributed by atoms with Crippen LogP contribution >= 0.6 is 0 Å². The minimum absolute atomic E-state index is 0.375. The maximum Gasteiger partial charge on any atom is 0.0725 e.